The predicted octanol–water partition coefficient (Wildman–Crippen LogP) is -0.231. The highest BCUT2D eigenvalue weighted by molar-refractivity contribution is 7.46. The SMILES string of the molecule is [B]C1CCC(COP(=O)(O)O)O1. The van der Waals surface area contributed by atoms with Gasteiger partial charge in [-0.1, -0.05) is 0 Å². The third kappa shape index (κ3) is 3.69. The van der Waals surface area contributed by atoms with E-state index in [0.29, 0.717) is 12.8 Å². The van der Waals surface area contributed by atoms with Gasteiger partial charge in [0.05, 0.1) is 12.7 Å². The van der Waals surface area contributed by atoms with Crippen molar-refractivity contribution in [2.45, 2.75) is 24.9 Å². The molecule has 0 amide bonds. The third-order valence-corrected chi connectivity index (χ3v) is 2.05. The van der Waals surface area contributed by atoms with Crippen LogP contribution in [0.15, 0.2) is 0 Å². The minimum absolute atomic E-state index is 0.0992. The summed E-state index contributed by atoms with van der Waals surface area (Å²) in [5.74, 6) is 0. The van der Waals surface area contributed by atoms with Crippen molar-refractivity contribution in [3.8, 4) is 0 Å². The first kappa shape index (κ1) is 10.2. The Labute approximate surface area is 71.7 Å². The number of phosphoric ester groups is 1. The molecule has 1 heterocycles. The van der Waals surface area contributed by atoms with Crippen LogP contribution in [-0.2, 0) is 13.8 Å². The highest BCUT2D eigenvalue weighted by Gasteiger charge is 2.24. The molecule has 2 atom stereocenters. The van der Waals surface area contributed by atoms with Crippen molar-refractivity contribution in [1.82, 2.24) is 0 Å². The van der Waals surface area contributed by atoms with E-state index in [1.54, 1.807) is 0 Å². The summed E-state index contributed by atoms with van der Waals surface area (Å²) in [5, 5.41) is 0. The number of hydrogen-bond acceptors (Lipinski definition) is 3. The molecule has 0 saturated carbocycles. The van der Waals surface area contributed by atoms with E-state index in [1.165, 1.54) is 0 Å². The maximum atomic E-state index is 10.3. The van der Waals surface area contributed by atoms with Crippen molar-refractivity contribution in [1.29, 1.82) is 0 Å². The van der Waals surface area contributed by atoms with Crippen LogP contribution in [0.25, 0.3) is 0 Å². The van der Waals surface area contributed by atoms with E-state index in [1.807, 2.05) is 0 Å². The van der Waals surface area contributed by atoms with E-state index >= 15 is 0 Å². The molecule has 7 heteroatoms. The molecule has 1 aliphatic heterocycles. The third-order valence-electron chi connectivity index (χ3n) is 1.57. The molecule has 1 rings (SSSR count). The van der Waals surface area contributed by atoms with Crippen LogP contribution in [0.1, 0.15) is 12.8 Å². The zero-order valence-electron chi connectivity index (χ0n) is 6.42. The van der Waals surface area contributed by atoms with Gasteiger partial charge >= 0.3 is 7.82 Å². The predicted molar refractivity (Wildman–Crippen MR) is 41.6 cm³/mol. The molecule has 68 valence electrons. The molecule has 2 radical (unpaired) electrons. The fraction of sp³-hybridized carbons (Fsp3) is 1.00. The van der Waals surface area contributed by atoms with Gasteiger partial charge in [-0.15, -0.1) is 0 Å². The first-order valence-corrected chi connectivity index (χ1v) is 5.11. The van der Waals surface area contributed by atoms with Crippen LogP contribution in [0, 0.1) is 0 Å². The monoisotopic (exact) mass is 192 g/mol. The van der Waals surface area contributed by atoms with Crippen molar-refractivity contribution in [3.63, 3.8) is 0 Å². The summed E-state index contributed by atoms with van der Waals surface area (Å²) in [6, 6.07) is -0.324. The average molecular weight is 192 g/mol. The van der Waals surface area contributed by atoms with Crippen molar-refractivity contribution in [3.05, 3.63) is 0 Å². The van der Waals surface area contributed by atoms with Crippen molar-refractivity contribution in [2.75, 3.05) is 6.61 Å². The van der Waals surface area contributed by atoms with Gasteiger partial charge in [0.1, 0.15) is 7.85 Å². The van der Waals surface area contributed by atoms with Crippen molar-refractivity contribution in [2.24, 2.45) is 0 Å². The Balaban J connectivity index is 2.21. The van der Waals surface area contributed by atoms with E-state index in [0.717, 1.165) is 0 Å². The fourth-order valence-corrected chi connectivity index (χ4v) is 1.40. The molecule has 0 aromatic carbocycles. The summed E-state index contributed by atoms with van der Waals surface area (Å²) in [6.45, 7) is -0.0992. The van der Waals surface area contributed by atoms with Crippen molar-refractivity contribution < 1.29 is 23.6 Å². The normalized spacial score (nSPS) is 30.8. The Kier molecular flexibility index (Phi) is 3.32. The van der Waals surface area contributed by atoms with Crippen LogP contribution in [0.5, 0.6) is 0 Å². The standard InChI is InChI=1S/C5H10BO5P/c6-5-2-1-4(11-5)3-10-12(7,8)9/h4-5H,1-3H2,(H2,7,8,9). The molecule has 12 heavy (non-hydrogen) atoms. The molecule has 0 aromatic rings. The molecule has 1 saturated heterocycles. The Morgan fingerprint density at radius 2 is 2.25 bits per heavy atom. The summed E-state index contributed by atoms with van der Waals surface area (Å²) in [7, 11) is 1.03. The maximum absolute atomic E-state index is 10.3. The zero-order valence-corrected chi connectivity index (χ0v) is 7.31. The molecule has 0 bridgehead atoms. The topological polar surface area (TPSA) is 76.0 Å². The Morgan fingerprint density at radius 3 is 2.67 bits per heavy atom. The molecular formula is C5H10BO5P. The molecule has 0 aromatic heterocycles. The largest absolute Gasteiger partial charge is 0.469 e. The van der Waals surface area contributed by atoms with Gasteiger partial charge in [0.2, 0.25) is 0 Å². The van der Waals surface area contributed by atoms with Gasteiger partial charge in [0.25, 0.3) is 0 Å². The van der Waals surface area contributed by atoms with Gasteiger partial charge < -0.3 is 14.5 Å². The van der Waals surface area contributed by atoms with Crippen LogP contribution in [0.3, 0.4) is 0 Å². The van der Waals surface area contributed by atoms with E-state index in [2.05, 4.69) is 4.52 Å². The Bertz CT molecular complexity index is 192. The minimum Gasteiger partial charge on any atom is -0.382 e. The molecule has 0 aliphatic carbocycles. The number of ether oxygens (including phenoxy) is 1. The molecule has 2 unspecified atom stereocenters. The molecule has 1 fully saturated rings. The van der Waals surface area contributed by atoms with Gasteiger partial charge in [-0.25, -0.2) is 4.57 Å². The lowest BCUT2D eigenvalue weighted by molar-refractivity contribution is 0.0403. The fourth-order valence-electron chi connectivity index (χ4n) is 1.04. The molecular weight excluding hydrogens is 182 g/mol. The maximum Gasteiger partial charge on any atom is 0.469 e. The van der Waals surface area contributed by atoms with Crippen LogP contribution in [0.4, 0.5) is 0 Å². The summed E-state index contributed by atoms with van der Waals surface area (Å²) < 4.78 is 19.6. The second-order valence-corrected chi connectivity index (χ2v) is 3.90. The van der Waals surface area contributed by atoms with E-state index in [4.69, 9.17) is 22.4 Å². The highest BCUT2D eigenvalue weighted by Crippen LogP contribution is 2.36. The Hall–Kier alpha value is 0.135. The number of hydrogen-bond donors (Lipinski definition) is 2. The van der Waals surface area contributed by atoms with Gasteiger partial charge in [0.15, 0.2) is 0 Å². The van der Waals surface area contributed by atoms with Crippen LogP contribution < -0.4 is 0 Å². The quantitative estimate of drug-likeness (QED) is 0.477. The van der Waals surface area contributed by atoms with Crippen molar-refractivity contribution >= 4 is 15.7 Å². The summed E-state index contributed by atoms with van der Waals surface area (Å²) in [5.41, 5.74) is 0. The smallest absolute Gasteiger partial charge is 0.382 e. The highest BCUT2D eigenvalue weighted by atomic mass is 31.2. The Morgan fingerprint density at radius 1 is 1.58 bits per heavy atom. The number of phosphoric acid groups is 1. The second kappa shape index (κ2) is 3.90. The van der Waals surface area contributed by atoms with Gasteiger partial charge in [-0.2, -0.15) is 0 Å². The number of rotatable bonds is 3. The lowest BCUT2D eigenvalue weighted by Crippen LogP contribution is -2.16. The van der Waals surface area contributed by atoms with Gasteiger partial charge in [0, 0.05) is 6.00 Å². The van der Waals surface area contributed by atoms with Gasteiger partial charge in [-0.05, 0) is 12.8 Å². The zero-order chi connectivity index (χ0) is 9.19. The first-order chi connectivity index (χ1) is 5.47. The van der Waals surface area contributed by atoms with Crippen LogP contribution in [0.2, 0.25) is 0 Å². The van der Waals surface area contributed by atoms with E-state index in [-0.39, 0.29) is 18.7 Å². The van der Waals surface area contributed by atoms with Gasteiger partial charge in [-0.3, -0.25) is 4.52 Å². The molecule has 2 N–H and O–H groups in total. The minimum atomic E-state index is -4.36. The summed E-state index contributed by atoms with van der Waals surface area (Å²) in [4.78, 5) is 16.7. The first-order valence-electron chi connectivity index (χ1n) is 3.58. The summed E-state index contributed by atoms with van der Waals surface area (Å²) >= 11 is 0. The second-order valence-electron chi connectivity index (χ2n) is 2.66. The lowest BCUT2D eigenvalue weighted by Gasteiger charge is -2.11. The van der Waals surface area contributed by atoms with Crippen LogP contribution in [-0.4, -0.2) is 36.3 Å². The van der Waals surface area contributed by atoms with E-state index in [9.17, 15) is 4.57 Å². The van der Waals surface area contributed by atoms with E-state index < -0.39 is 7.82 Å². The molecule has 0 spiro atoms. The lowest BCUT2D eigenvalue weighted by atomic mass is 9.97. The molecule has 5 nitrogen and oxygen atoms in total. The van der Waals surface area contributed by atoms with Crippen LogP contribution >= 0.6 is 7.82 Å². The molecule has 1 aliphatic rings. The average Bonchev–Trinajstić information content (AvgIpc) is 2.30. The summed E-state index contributed by atoms with van der Waals surface area (Å²) in [6.07, 6.45) is 1.10.